The van der Waals surface area contributed by atoms with Crippen molar-refractivity contribution in [1.29, 1.82) is 0 Å². The Hall–Kier alpha value is -2.93. The highest BCUT2D eigenvalue weighted by atomic mass is 35.5. The van der Waals surface area contributed by atoms with Crippen LogP contribution in [0.3, 0.4) is 0 Å². The molecule has 0 radical (unpaired) electrons. The van der Waals surface area contributed by atoms with Crippen LogP contribution in [0.1, 0.15) is 59.2 Å². The van der Waals surface area contributed by atoms with Gasteiger partial charge >= 0.3 is 5.97 Å². The number of anilines is 1. The fourth-order valence-electron chi connectivity index (χ4n) is 3.63. The molecule has 1 fully saturated rings. The minimum Gasteiger partial charge on any atom is -0.476 e. The van der Waals surface area contributed by atoms with E-state index in [4.69, 9.17) is 16.6 Å². The molecule has 0 bridgehead atoms. The fraction of sp³-hybridized carbons (Fsp3) is 0.333. The Labute approximate surface area is 172 Å². The molecule has 1 aliphatic carbocycles. The Kier molecular flexibility index (Phi) is 4.78. The largest absolute Gasteiger partial charge is 0.476 e. The first-order valence-electron chi connectivity index (χ1n) is 9.43. The molecular weight excluding hydrogens is 392 g/mol. The summed E-state index contributed by atoms with van der Waals surface area (Å²) in [6, 6.07) is 6.66. The average molecular weight is 413 g/mol. The zero-order valence-electron chi connectivity index (χ0n) is 16.4. The second-order valence-corrected chi connectivity index (χ2v) is 7.95. The lowest BCUT2D eigenvalue weighted by Gasteiger charge is -2.20. The molecule has 0 aliphatic heterocycles. The number of carboxylic acids is 1. The molecule has 8 heteroatoms. The number of nitrogens with zero attached hydrogens (tertiary/aromatic N) is 3. The van der Waals surface area contributed by atoms with Crippen molar-refractivity contribution >= 4 is 34.2 Å². The van der Waals surface area contributed by atoms with E-state index in [-0.39, 0.29) is 22.4 Å². The number of rotatable bonds is 5. The molecule has 150 valence electrons. The number of nitrogens with one attached hydrogen (secondary N) is 1. The first-order valence-corrected chi connectivity index (χ1v) is 9.81. The van der Waals surface area contributed by atoms with Crippen LogP contribution in [0.4, 0.5) is 5.69 Å². The summed E-state index contributed by atoms with van der Waals surface area (Å²) in [5, 5.41) is 13.3. The van der Waals surface area contributed by atoms with Crippen LogP contribution in [0.2, 0.25) is 5.15 Å². The van der Waals surface area contributed by atoms with Gasteiger partial charge in [0, 0.05) is 18.5 Å². The van der Waals surface area contributed by atoms with Crippen molar-refractivity contribution in [2.45, 2.75) is 38.6 Å². The SMILES string of the molecule is Cc1cc(C(C)Nc2ccc(Cl)nc2C(=O)O)c2nc(C3CC3)n(C)c(=O)c2c1. The van der Waals surface area contributed by atoms with E-state index >= 15 is 0 Å². The molecule has 2 N–H and O–H groups in total. The molecule has 29 heavy (non-hydrogen) atoms. The van der Waals surface area contributed by atoms with Crippen LogP contribution in [0.25, 0.3) is 10.9 Å². The van der Waals surface area contributed by atoms with Gasteiger partial charge in [-0.25, -0.2) is 14.8 Å². The zero-order valence-corrected chi connectivity index (χ0v) is 17.1. The summed E-state index contributed by atoms with van der Waals surface area (Å²) in [6.07, 6.45) is 2.08. The van der Waals surface area contributed by atoms with Gasteiger partial charge in [-0.2, -0.15) is 0 Å². The molecule has 2 aromatic heterocycles. The van der Waals surface area contributed by atoms with Crippen molar-refractivity contribution in [1.82, 2.24) is 14.5 Å². The summed E-state index contributed by atoms with van der Waals surface area (Å²) < 4.78 is 1.65. The molecule has 0 saturated heterocycles. The third-order valence-corrected chi connectivity index (χ3v) is 5.44. The Morgan fingerprint density at radius 3 is 2.69 bits per heavy atom. The molecule has 0 amide bonds. The van der Waals surface area contributed by atoms with E-state index < -0.39 is 5.97 Å². The Balaban J connectivity index is 1.83. The van der Waals surface area contributed by atoms with Crippen LogP contribution in [-0.2, 0) is 7.05 Å². The Morgan fingerprint density at radius 2 is 2.03 bits per heavy atom. The van der Waals surface area contributed by atoms with E-state index in [1.165, 1.54) is 6.07 Å². The molecular formula is C21H21ClN4O3. The monoisotopic (exact) mass is 412 g/mol. The van der Waals surface area contributed by atoms with E-state index in [1.54, 1.807) is 17.7 Å². The van der Waals surface area contributed by atoms with Gasteiger partial charge in [-0.05, 0) is 50.5 Å². The van der Waals surface area contributed by atoms with E-state index in [1.807, 2.05) is 26.0 Å². The van der Waals surface area contributed by atoms with Gasteiger partial charge in [0.05, 0.1) is 22.6 Å². The number of hydrogen-bond acceptors (Lipinski definition) is 5. The lowest BCUT2D eigenvalue weighted by Crippen LogP contribution is -2.23. The lowest BCUT2D eigenvalue weighted by atomic mass is 10.0. The molecule has 1 unspecified atom stereocenters. The maximum absolute atomic E-state index is 12.9. The first kappa shape index (κ1) is 19.4. The van der Waals surface area contributed by atoms with Gasteiger partial charge in [0.1, 0.15) is 11.0 Å². The second-order valence-electron chi connectivity index (χ2n) is 7.56. The standard InChI is InChI=1S/C21H21ClN4O3/c1-10-8-13(11(2)23-15-6-7-16(22)24-18(15)21(28)29)17-14(9-10)20(27)26(3)19(25-17)12-4-5-12/h6-9,11-12,23H,4-5H2,1-3H3,(H,28,29). The third-order valence-electron chi connectivity index (χ3n) is 5.23. The number of aromatic nitrogens is 3. The molecule has 4 rings (SSSR count). The number of aryl methyl sites for hydroxylation is 1. The maximum Gasteiger partial charge on any atom is 0.356 e. The van der Waals surface area contributed by atoms with Crippen molar-refractivity contribution in [3.05, 3.63) is 62.4 Å². The summed E-state index contributed by atoms with van der Waals surface area (Å²) in [4.78, 5) is 33.2. The van der Waals surface area contributed by atoms with Crippen molar-refractivity contribution in [3.63, 3.8) is 0 Å². The van der Waals surface area contributed by atoms with E-state index in [9.17, 15) is 14.7 Å². The molecule has 0 spiro atoms. The van der Waals surface area contributed by atoms with Crippen LogP contribution >= 0.6 is 11.6 Å². The predicted octanol–water partition coefficient (Wildman–Crippen LogP) is 4.04. The minimum absolute atomic E-state index is 0.0616. The van der Waals surface area contributed by atoms with Crippen molar-refractivity contribution in [2.75, 3.05) is 5.32 Å². The molecule has 3 aromatic rings. The molecule has 2 heterocycles. The van der Waals surface area contributed by atoms with E-state index in [0.717, 1.165) is 29.8 Å². The maximum atomic E-state index is 12.9. The highest BCUT2D eigenvalue weighted by molar-refractivity contribution is 6.29. The van der Waals surface area contributed by atoms with Crippen molar-refractivity contribution in [2.24, 2.45) is 7.05 Å². The van der Waals surface area contributed by atoms with Crippen LogP contribution in [-0.4, -0.2) is 25.6 Å². The van der Waals surface area contributed by atoms with E-state index in [0.29, 0.717) is 22.5 Å². The molecule has 1 saturated carbocycles. The summed E-state index contributed by atoms with van der Waals surface area (Å²) in [6.45, 7) is 3.83. The van der Waals surface area contributed by atoms with Crippen LogP contribution in [0.5, 0.6) is 0 Å². The van der Waals surface area contributed by atoms with Crippen LogP contribution in [0.15, 0.2) is 29.1 Å². The zero-order chi connectivity index (χ0) is 20.9. The van der Waals surface area contributed by atoms with Crippen molar-refractivity contribution < 1.29 is 9.90 Å². The minimum atomic E-state index is -1.17. The number of benzene rings is 1. The summed E-state index contributed by atoms with van der Waals surface area (Å²) in [7, 11) is 1.77. The number of carbonyl (C=O) groups is 1. The second kappa shape index (κ2) is 7.15. The number of hydrogen-bond donors (Lipinski definition) is 2. The number of pyridine rings is 1. The molecule has 1 aliphatic rings. The topological polar surface area (TPSA) is 97.1 Å². The Morgan fingerprint density at radius 1 is 1.31 bits per heavy atom. The first-order chi connectivity index (χ1) is 13.8. The van der Waals surface area contributed by atoms with Gasteiger partial charge in [0.25, 0.3) is 5.56 Å². The number of fused-ring (bicyclic) bond motifs is 1. The predicted molar refractivity (Wildman–Crippen MR) is 112 cm³/mol. The molecule has 1 aromatic carbocycles. The van der Waals surface area contributed by atoms with E-state index in [2.05, 4.69) is 10.3 Å². The number of aromatic carboxylic acids is 1. The number of halogens is 1. The van der Waals surface area contributed by atoms with Crippen LogP contribution in [0, 0.1) is 6.92 Å². The normalized spacial score (nSPS) is 14.8. The highest BCUT2D eigenvalue weighted by Crippen LogP contribution is 2.39. The van der Waals surface area contributed by atoms with Crippen LogP contribution < -0.4 is 10.9 Å². The van der Waals surface area contributed by atoms with Crippen molar-refractivity contribution in [3.8, 4) is 0 Å². The highest BCUT2D eigenvalue weighted by Gasteiger charge is 2.29. The van der Waals surface area contributed by atoms with Gasteiger partial charge in [0.2, 0.25) is 0 Å². The molecule has 1 atom stereocenters. The van der Waals surface area contributed by atoms with Gasteiger partial charge in [-0.15, -0.1) is 0 Å². The summed E-state index contributed by atoms with van der Waals surface area (Å²) in [5.41, 5.74) is 2.57. The average Bonchev–Trinajstić information content (AvgIpc) is 3.50. The van der Waals surface area contributed by atoms with Gasteiger partial charge in [-0.1, -0.05) is 17.7 Å². The number of carboxylic acid groups (broad SMARTS) is 1. The quantitative estimate of drug-likeness (QED) is 0.614. The lowest BCUT2D eigenvalue weighted by molar-refractivity contribution is 0.0691. The summed E-state index contributed by atoms with van der Waals surface area (Å²) in [5.74, 6) is -0.0351. The van der Waals surface area contributed by atoms with Gasteiger partial charge < -0.3 is 10.4 Å². The molecule has 7 nitrogen and oxygen atoms in total. The van der Waals surface area contributed by atoms with Gasteiger partial charge in [-0.3, -0.25) is 9.36 Å². The van der Waals surface area contributed by atoms with Gasteiger partial charge in [0.15, 0.2) is 5.69 Å². The Bertz CT molecular complexity index is 1200. The smallest absolute Gasteiger partial charge is 0.356 e. The third kappa shape index (κ3) is 3.58. The fourth-order valence-corrected chi connectivity index (χ4v) is 3.78. The summed E-state index contributed by atoms with van der Waals surface area (Å²) >= 11 is 5.85.